The summed E-state index contributed by atoms with van der Waals surface area (Å²) in [5.41, 5.74) is 9.51. The summed E-state index contributed by atoms with van der Waals surface area (Å²) in [7, 11) is -3.76. The van der Waals surface area contributed by atoms with Crippen molar-refractivity contribution < 1.29 is 17.9 Å². The third-order valence-corrected chi connectivity index (χ3v) is 5.24. The zero-order chi connectivity index (χ0) is 19.4. The van der Waals surface area contributed by atoms with Crippen LogP contribution in [0.3, 0.4) is 0 Å². The van der Waals surface area contributed by atoms with Gasteiger partial charge in [-0.3, -0.25) is 4.79 Å². The summed E-state index contributed by atoms with van der Waals surface area (Å²) in [6, 6.07) is 5.60. The van der Waals surface area contributed by atoms with Gasteiger partial charge in [0.2, 0.25) is 0 Å². The number of unbranched alkanes of at least 4 members (excludes halogenated alkanes) is 3. The average molecular weight is 379 g/mol. The van der Waals surface area contributed by atoms with Gasteiger partial charge < -0.3 is 4.74 Å². The van der Waals surface area contributed by atoms with Crippen molar-refractivity contribution in [2.75, 3.05) is 12.4 Å². The lowest BCUT2D eigenvalue weighted by molar-refractivity contribution is -0.140. The number of benzene rings is 1. The fourth-order valence-corrected chi connectivity index (χ4v) is 3.27. The molecule has 0 aliphatic carbocycles. The SMILES string of the molecule is CCCCC/C=C/C(COC(=O)CS(=O)(=O)c1ccc(C)cc1)N=[N+]=[N-]. The second kappa shape index (κ2) is 11.3. The second-order valence-corrected chi connectivity index (χ2v) is 7.94. The highest BCUT2D eigenvalue weighted by Gasteiger charge is 2.20. The Balaban J connectivity index is 2.56. The normalized spacial score (nSPS) is 12.5. The van der Waals surface area contributed by atoms with Crippen LogP contribution in [0, 0.1) is 6.92 Å². The van der Waals surface area contributed by atoms with Gasteiger partial charge in [0.15, 0.2) is 15.6 Å². The molecule has 0 spiro atoms. The van der Waals surface area contributed by atoms with Crippen molar-refractivity contribution in [3.8, 4) is 0 Å². The van der Waals surface area contributed by atoms with Gasteiger partial charge in [-0.15, -0.1) is 0 Å². The van der Waals surface area contributed by atoms with Gasteiger partial charge in [0.1, 0.15) is 6.61 Å². The van der Waals surface area contributed by atoms with E-state index in [1.807, 2.05) is 13.0 Å². The maximum atomic E-state index is 12.2. The van der Waals surface area contributed by atoms with Gasteiger partial charge in [0.25, 0.3) is 0 Å². The summed E-state index contributed by atoms with van der Waals surface area (Å²) in [5.74, 6) is -1.62. The number of aryl methyl sites for hydroxylation is 1. The predicted octanol–water partition coefficient (Wildman–Crippen LogP) is 4.13. The van der Waals surface area contributed by atoms with E-state index in [-0.39, 0.29) is 11.5 Å². The van der Waals surface area contributed by atoms with E-state index in [1.165, 1.54) is 12.1 Å². The number of nitrogens with zero attached hydrogens (tertiary/aromatic N) is 3. The van der Waals surface area contributed by atoms with Crippen LogP contribution in [-0.2, 0) is 19.4 Å². The van der Waals surface area contributed by atoms with Gasteiger partial charge >= 0.3 is 5.97 Å². The van der Waals surface area contributed by atoms with Gasteiger partial charge in [0, 0.05) is 4.91 Å². The average Bonchev–Trinajstić information content (AvgIpc) is 2.59. The molecule has 26 heavy (non-hydrogen) atoms. The van der Waals surface area contributed by atoms with Crippen molar-refractivity contribution in [3.05, 3.63) is 52.4 Å². The Kier molecular flexibility index (Phi) is 9.47. The molecule has 0 N–H and O–H groups in total. The summed E-state index contributed by atoms with van der Waals surface area (Å²) in [5, 5.41) is 3.55. The maximum absolute atomic E-state index is 12.2. The van der Waals surface area contributed by atoms with Crippen LogP contribution < -0.4 is 0 Å². The third kappa shape index (κ3) is 8.18. The van der Waals surface area contributed by atoms with Crippen LogP contribution in [0.1, 0.15) is 38.2 Å². The highest BCUT2D eigenvalue weighted by molar-refractivity contribution is 7.92. The van der Waals surface area contributed by atoms with Crippen LogP contribution >= 0.6 is 0 Å². The molecule has 7 nitrogen and oxygen atoms in total. The first-order valence-corrected chi connectivity index (χ1v) is 10.2. The molecule has 0 amide bonds. The summed E-state index contributed by atoms with van der Waals surface area (Å²) < 4.78 is 29.4. The fourth-order valence-electron chi connectivity index (χ4n) is 2.16. The van der Waals surface area contributed by atoms with E-state index in [1.54, 1.807) is 18.2 Å². The number of esters is 1. The molecule has 1 atom stereocenters. The van der Waals surface area contributed by atoms with Gasteiger partial charge in [-0.2, -0.15) is 0 Å². The minimum Gasteiger partial charge on any atom is -0.464 e. The van der Waals surface area contributed by atoms with E-state index in [9.17, 15) is 13.2 Å². The maximum Gasteiger partial charge on any atom is 0.321 e. The molecule has 0 radical (unpaired) electrons. The van der Waals surface area contributed by atoms with Crippen LogP contribution in [0.4, 0.5) is 0 Å². The zero-order valence-electron chi connectivity index (χ0n) is 15.2. The molecule has 1 aromatic carbocycles. The van der Waals surface area contributed by atoms with E-state index < -0.39 is 27.6 Å². The molecular formula is C18H25N3O4S. The standard InChI is InChI=1S/C18H25N3O4S/c1-3-4-5-6-7-8-16(20-21-19)13-25-18(22)14-26(23,24)17-11-9-15(2)10-12-17/h7-12,16H,3-6,13-14H2,1-2H3/b8-7+. The van der Waals surface area contributed by atoms with Crippen molar-refractivity contribution >= 4 is 15.8 Å². The lowest BCUT2D eigenvalue weighted by Gasteiger charge is -2.09. The Bertz CT molecular complexity index is 751. The van der Waals surface area contributed by atoms with Crippen LogP contribution in [0.2, 0.25) is 0 Å². The van der Waals surface area contributed by atoms with Crippen LogP contribution in [0.15, 0.2) is 46.4 Å². The highest BCUT2D eigenvalue weighted by Crippen LogP contribution is 2.12. The molecule has 1 aromatic rings. The number of hydrogen-bond donors (Lipinski definition) is 0. The Hall–Kier alpha value is -2.31. The number of carbonyl (C=O) groups excluding carboxylic acids is 1. The number of allylic oxidation sites excluding steroid dienone is 1. The number of ether oxygens (including phenoxy) is 1. The van der Waals surface area contributed by atoms with Gasteiger partial charge in [-0.1, -0.05) is 54.7 Å². The number of rotatable bonds is 11. The number of carbonyl (C=O) groups is 1. The topological polar surface area (TPSA) is 109 Å². The van der Waals surface area contributed by atoms with E-state index in [0.29, 0.717) is 0 Å². The number of azide groups is 1. The quantitative estimate of drug-likeness (QED) is 0.144. The van der Waals surface area contributed by atoms with Gasteiger partial charge in [-0.05, 0) is 37.4 Å². The Morgan fingerprint density at radius 2 is 2.00 bits per heavy atom. The first kappa shape index (κ1) is 21.7. The minimum atomic E-state index is -3.76. The lowest BCUT2D eigenvalue weighted by atomic mass is 10.2. The summed E-state index contributed by atoms with van der Waals surface area (Å²) >= 11 is 0. The smallest absolute Gasteiger partial charge is 0.321 e. The van der Waals surface area contributed by atoms with Crippen LogP contribution in [-0.4, -0.2) is 32.8 Å². The van der Waals surface area contributed by atoms with Crippen molar-refractivity contribution in [3.63, 3.8) is 0 Å². The summed E-state index contributed by atoms with van der Waals surface area (Å²) in [6.07, 6.45) is 7.66. The van der Waals surface area contributed by atoms with Crippen molar-refractivity contribution in [1.82, 2.24) is 0 Å². The predicted molar refractivity (Wildman–Crippen MR) is 100 cm³/mol. The molecular weight excluding hydrogens is 354 g/mol. The molecule has 0 fully saturated rings. The van der Waals surface area contributed by atoms with Gasteiger partial charge in [0.05, 0.1) is 10.9 Å². The first-order valence-electron chi connectivity index (χ1n) is 8.55. The van der Waals surface area contributed by atoms with Crippen LogP contribution in [0.25, 0.3) is 10.4 Å². The molecule has 1 unspecified atom stereocenters. The van der Waals surface area contributed by atoms with Crippen molar-refractivity contribution in [2.24, 2.45) is 5.11 Å². The summed E-state index contributed by atoms with van der Waals surface area (Å²) in [4.78, 5) is 14.7. The fraction of sp³-hybridized carbons (Fsp3) is 0.500. The zero-order valence-corrected chi connectivity index (χ0v) is 16.0. The Morgan fingerprint density at radius 3 is 2.62 bits per heavy atom. The number of sulfone groups is 1. The molecule has 0 aliphatic rings. The van der Waals surface area contributed by atoms with E-state index in [4.69, 9.17) is 10.3 Å². The molecule has 0 heterocycles. The van der Waals surface area contributed by atoms with Crippen molar-refractivity contribution in [1.29, 1.82) is 0 Å². The Morgan fingerprint density at radius 1 is 1.31 bits per heavy atom. The summed E-state index contributed by atoms with van der Waals surface area (Å²) in [6.45, 7) is 3.77. The monoisotopic (exact) mass is 379 g/mol. The van der Waals surface area contributed by atoms with Gasteiger partial charge in [-0.25, -0.2) is 8.42 Å². The minimum absolute atomic E-state index is 0.0717. The highest BCUT2D eigenvalue weighted by atomic mass is 32.2. The van der Waals surface area contributed by atoms with E-state index in [0.717, 1.165) is 31.2 Å². The molecule has 0 aliphatic heterocycles. The molecule has 1 rings (SSSR count). The molecule has 8 heteroatoms. The Labute approximate surface area is 154 Å². The lowest BCUT2D eigenvalue weighted by Crippen LogP contribution is -2.22. The largest absolute Gasteiger partial charge is 0.464 e. The van der Waals surface area contributed by atoms with E-state index >= 15 is 0 Å². The second-order valence-electron chi connectivity index (χ2n) is 5.95. The first-order chi connectivity index (χ1) is 12.4. The number of hydrogen-bond acceptors (Lipinski definition) is 5. The van der Waals surface area contributed by atoms with E-state index in [2.05, 4.69) is 16.9 Å². The third-order valence-electron chi connectivity index (χ3n) is 3.64. The van der Waals surface area contributed by atoms with Crippen molar-refractivity contribution in [2.45, 2.75) is 50.5 Å². The van der Waals surface area contributed by atoms with Crippen LogP contribution in [0.5, 0.6) is 0 Å². The molecule has 0 saturated heterocycles. The molecule has 0 bridgehead atoms. The molecule has 142 valence electrons. The molecule has 0 saturated carbocycles. The molecule has 0 aromatic heterocycles.